The number of hydrogen-bond donors (Lipinski definition) is 1. The third kappa shape index (κ3) is 6.49. The van der Waals surface area contributed by atoms with E-state index in [1.807, 2.05) is 0 Å². The highest BCUT2D eigenvalue weighted by molar-refractivity contribution is 7.91. The molecule has 0 radical (unpaired) electrons. The van der Waals surface area contributed by atoms with E-state index in [0.717, 1.165) is 0 Å². The third-order valence-corrected chi connectivity index (χ3v) is 6.08. The molecule has 2 amide bonds. The van der Waals surface area contributed by atoms with Gasteiger partial charge in [-0.1, -0.05) is 11.6 Å². The predicted octanol–water partition coefficient (Wildman–Crippen LogP) is 1.26. The van der Waals surface area contributed by atoms with E-state index in [2.05, 4.69) is 5.32 Å². The molecule has 1 saturated heterocycles. The Hall–Kier alpha value is -1.80. The molecule has 1 heterocycles. The van der Waals surface area contributed by atoms with Crippen LogP contribution in [-0.4, -0.2) is 62.4 Å². The van der Waals surface area contributed by atoms with E-state index in [0.29, 0.717) is 23.7 Å². The first-order valence-corrected chi connectivity index (χ1v) is 10.6. The van der Waals surface area contributed by atoms with E-state index >= 15 is 0 Å². The minimum atomic E-state index is -3.05. The number of hydrogen-bond acceptors (Lipinski definition) is 5. The first-order valence-electron chi connectivity index (χ1n) is 8.45. The van der Waals surface area contributed by atoms with Gasteiger partial charge in [-0.05, 0) is 37.6 Å². The van der Waals surface area contributed by atoms with Gasteiger partial charge in [0.05, 0.1) is 31.1 Å². The minimum Gasteiger partial charge on any atom is -0.493 e. The Bertz CT molecular complexity index is 736. The van der Waals surface area contributed by atoms with Crippen molar-refractivity contribution >= 4 is 33.3 Å². The summed E-state index contributed by atoms with van der Waals surface area (Å²) < 4.78 is 28.3. The summed E-state index contributed by atoms with van der Waals surface area (Å²) in [5.74, 6) is 0.131. The fraction of sp³-hybridized carbons (Fsp3) is 0.529. The van der Waals surface area contributed by atoms with E-state index in [1.54, 1.807) is 31.2 Å². The zero-order chi connectivity index (χ0) is 19.2. The van der Waals surface area contributed by atoms with Gasteiger partial charge < -0.3 is 15.0 Å². The maximum Gasteiger partial charge on any atom is 0.239 e. The zero-order valence-corrected chi connectivity index (χ0v) is 16.2. The van der Waals surface area contributed by atoms with Gasteiger partial charge in [-0.3, -0.25) is 9.59 Å². The second-order valence-corrected chi connectivity index (χ2v) is 8.79. The molecule has 1 N–H and O–H groups in total. The van der Waals surface area contributed by atoms with Crippen molar-refractivity contribution in [2.45, 2.75) is 25.8 Å². The average Bonchev–Trinajstić information content (AvgIpc) is 2.92. The molecule has 1 atom stereocenters. The molecule has 2 rings (SSSR count). The fourth-order valence-corrected chi connectivity index (χ4v) is 4.48. The molecule has 0 unspecified atom stereocenters. The summed E-state index contributed by atoms with van der Waals surface area (Å²) in [5, 5.41) is 3.29. The van der Waals surface area contributed by atoms with Crippen molar-refractivity contribution in [3.63, 3.8) is 0 Å². The Morgan fingerprint density at radius 3 is 2.58 bits per heavy atom. The first-order chi connectivity index (χ1) is 12.3. The maximum absolute atomic E-state index is 12.2. The number of rotatable bonds is 8. The molecular formula is C17H23ClN2O5S. The predicted molar refractivity (Wildman–Crippen MR) is 99.0 cm³/mol. The van der Waals surface area contributed by atoms with E-state index < -0.39 is 9.84 Å². The van der Waals surface area contributed by atoms with Gasteiger partial charge in [-0.15, -0.1) is 0 Å². The lowest BCUT2D eigenvalue weighted by Crippen LogP contribution is -2.44. The number of nitrogens with zero attached hydrogens (tertiary/aromatic N) is 1. The molecule has 1 aliphatic heterocycles. The van der Waals surface area contributed by atoms with Crippen molar-refractivity contribution in [2.24, 2.45) is 0 Å². The number of carbonyl (C=O) groups is 2. The van der Waals surface area contributed by atoms with Crippen molar-refractivity contribution < 1.29 is 22.7 Å². The van der Waals surface area contributed by atoms with Crippen LogP contribution in [0.15, 0.2) is 24.3 Å². The minimum absolute atomic E-state index is 0.0340. The van der Waals surface area contributed by atoms with Gasteiger partial charge in [0.1, 0.15) is 5.75 Å². The Morgan fingerprint density at radius 2 is 2.00 bits per heavy atom. The van der Waals surface area contributed by atoms with Crippen molar-refractivity contribution in [3.8, 4) is 5.75 Å². The van der Waals surface area contributed by atoms with Crippen LogP contribution in [0.2, 0.25) is 5.02 Å². The lowest BCUT2D eigenvalue weighted by atomic mass is 10.2. The van der Waals surface area contributed by atoms with Gasteiger partial charge >= 0.3 is 0 Å². The Balaban J connectivity index is 1.75. The van der Waals surface area contributed by atoms with Crippen molar-refractivity contribution in [1.82, 2.24) is 10.2 Å². The first kappa shape index (κ1) is 20.5. The lowest BCUT2D eigenvalue weighted by Gasteiger charge is -2.21. The highest BCUT2D eigenvalue weighted by atomic mass is 35.5. The highest BCUT2D eigenvalue weighted by Crippen LogP contribution is 2.15. The van der Waals surface area contributed by atoms with Gasteiger partial charge in [-0.2, -0.15) is 0 Å². The fourth-order valence-electron chi connectivity index (χ4n) is 2.68. The molecule has 0 aliphatic carbocycles. The van der Waals surface area contributed by atoms with Gasteiger partial charge in [0.2, 0.25) is 11.8 Å². The standard InChI is InChI=1S/C17H23ClN2O5S/c1-2-20(11-16(21)19-14-8-10-26(23,24)12-14)17(22)7-9-25-15-5-3-13(18)4-6-15/h3-6,14H,2,7-12H2,1H3,(H,19,21)/t14-/m1/s1. The number of nitrogens with one attached hydrogen (secondary N) is 1. The molecular weight excluding hydrogens is 380 g/mol. The third-order valence-electron chi connectivity index (χ3n) is 4.06. The molecule has 0 spiro atoms. The molecule has 1 aliphatic rings. The summed E-state index contributed by atoms with van der Waals surface area (Å²) in [5.41, 5.74) is 0. The van der Waals surface area contributed by atoms with Gasteiger partial charge in [0.25, 0.3) is 0 Å². The van der Waals surface area contributed by atoms with Crippen LogP contribution in [-0.2, 0) is 19.4 Å². The molecule has 1 aromatic rings. The second-order valence-electron chi connectivity index (χ2n) is 6.13. The molecule has 0 saturated carbocycles. The van der Waals surface area contributed by atoms with Gasteiger partial charge in [0.15, 0.2) is 9.84 Å². The number of halogens is 1. The van der Waals surface area contributed by atoms with Crippen molar-refractivity contribution in [1.29, 1.82) is 0 Å². The normalized spacial score (nSPS) is 18.3. The summed E-state index contributed by atoms with van der Waals surface area (Å²) in [6.07, 6.45) is 0.560. The van der Waals surface area contributed by atoms with Crippen LogP contribution < -0.4 is 10.1 Å². The van der Waals surface area contributed by atoms with Gasteiger partial charge in [0, 0.05) is 17.6 Å². The number of sulfone groups is 1. The highest BCUT2D eigenvalue weighted by Gasteiger charge is 2.29. The maximum atomic E-state index is 12.2. The molecule has 0 aromatic heterocycles. The molecule has 9 heteroatoms. The molecule has 1 fully saturated rings. The summed E-state index contributed by atoms with van der Waals surface area (Å²) in [6, 6.07) is 6.46. The number of ether oxygens (including phenoxy) is 1. The van der Waals surface area contributed by atoms with Crippen LogP contribution in [0.4, 0.5) is 0 Å². The second kappa shape index (κ2) is 9.23. The van der Waals surface area contributed by atoms with Crippen molar-refractivity contribution in [2.75, 3.05) is 31.2 Å². The van der Waals surface area contributed by atoms with Crippen molar-refractivity contribution in [3.05, 3.63) is 29.3 Å². The quantitative estimate of drug-likeness (QED) is 0.706. The van der Waals surface area contributed by atoms with Crippen LogP contribution in [0.1, 0.15) is 19.8 Å². The Morgan fingerprint density at radius 1 is 1.31 bits per heavy atom. The number of benzene rings is 1. The van der Waals surface area contributed by atoms with E-state index in [1.165, 1.54) is 4.90 Å². The Labute approximate surface area is 158 Å². The monoisotopic (exact) mass is 402 g/mol. The molecule has 0 bridgehead atoms. The van der Waals surface area contributed by atoms with E-state index in [4.69, 9.17) is 16.3 Å². The number of carbonyl (C=O) groups excluding carboxylic acids is 2. The number of amides is 2. The van der Waals surface area contributed by atoms with Crippen LogP contribution in [0.5, 0.6) is 5.75 Å². The molecule has 26 heavy (non-hydrogen) atoms. The molecule has 144 valence electrons. The van der Waals surface area contributed by atoms with Crippen LogP contribution in [0.3, 0.4) is 0 Å². The molecule has 7 nitrogen and oxygen atoms in total. The summed E-state index contributed by atoms with van der Waals surface area (Å²) in [6.45, 7) is 2.27. The summed E-state index contributed by atoms with van der Waals surface area (Å²) >= 11 is 5.79. The topological polar surface area (TPSA) is 92.8 Å². The van der Waals surface area contributed by atoms with Crippen LogP contribution in [0, 0.1) is 0 Å². The molecule has 1 aromatic carbocycles. The largest absolute Gasteiger partial charge is 0.493 e. The average molecular weight is 403 g/mol. The zero-order valence-electron chi connectivity index (χ0n) is 14.6. The van der Waals surface area contributed by atoms with E-state index in [9.17, 15) is 18.0 Å². The van der Waals surface area contributed by atoms with Gasteiger partial charge in [-0.25, -0.2) is 8.42 Å². The number of likely N-dealkylation sites (N-methyl/N-ethyl adjacent to an activating group) is 1. The Kier molecular flexibility index (Phi) is 7.28. The smallest absolute Gasteiger partial charge is 0.239 e. The van der Waals surface area contributed by atoms with Crippen LogP contribution in [0.25, 0.3) is 0 Å². The lowest BCUT2D eigenvalue weighted by molar-refractivity contribution is -0.136. The summed E-state index contributed by atoms with van der Waals surface area (Å²) in [4.78, 5) is 25.7. The summed E-state index contributed by atoms with van der Waals surface area (Å²) in [7, 11) is -3.05. The van der Waals surface area contributed by atoms with Crippen LogP contribution >= 0.6 is 11.6 Å². The SMILES string of the molecule is CCN(CC(=O)N[C@@H]1CCS(=O)(=O)C1)C(=O)CCOc1ccc(Cl)cc1. The van der Waals surface area contributed by atoms with E-state index in [-0.39, 0.29) is 48.9 Å².